The summed E-state index contributed by atoms with van der Waals surface area (Å²) in [4.78, 5) is 0. The van der Waals surface area contributed by atoms with Crippen LogP contribution in [-0.4, -0.2) is 18.6 Å². The molecule has 0 aromatic carbocycles. The van der Waals surface area contributed by atoms with Gasteiger partial charge < -0.3 is 5.01 Å². The highest BCUT2D eigenvalue weighted by Gasteiger charge is 1.82. The fraction of sp³-hybridized carbons (Fsp3) is 0.667. The molecule has 0 fully saturated rings. The molecule has 0 bridgehead atoms. The molecule has 48 valence electrons. The van der Waals surface area contributed by atoms with Gasteiger partial charge >= 0.3 is 0 Å². The fourth-order valence-electron chi connectivity index (χ4n) is 0.353. The lowest BCUT2D eigenvalue weighted by Gasteiger charge is -2.13. The number of hydrazine groups is 1. The van der Waals surface area contributed by atoms with E-state index in [-0.39, 0.29) is 0 Å². The molecule has 2 heteroatoms. The van der Waals surface area contributed by atoms with Gasteiger partial charge in [-0.25, -0.2) is 5.43 Å². The molecule has 1 N–H and O–H groups in total. The van der Waals surface area contributed by atoms with Crippen molar-refractivity contribution < 1.29 is 0 Å². The van der Waals surface area contributed by atoms with E-state index >= 15 is 0 Å². The Morgan fingerprint density at radius 2 is 2.38 bits per heavy atom. The van der Waals surface area contributed by atoms with Gasteiger partial charge in [-0.3, -0.25) is 0 Å². The maximum atomic E-state index is 3.58. The summed E-state index contributed by atoms with van der Waals surface area (Å²) in [6.45, 7) is 6.72. The molecule has 0 radical (unpaired) electrons. The number of rotatable bonds is 4. The maximum Gasteiger partial charge on any atom is 0.0225 e. The number of nitrogens with one attached hydrogen (secondary N) is 1. The highest BCUT2D eigenvalue weighted by Crippen LogP contribution is 1.74. The van der Waals surface area contributed by atoms with E-state index in [1.165, 1.54) is 0 Å². The van der Waals surface area contributed by atoms with Gasteiger partial charge in [0.25, 0.3) is 0 Å². The van der Waals surface area contributed by atoms with Crippen LogP contribution in [0.25, 0.3) is 0 Å². The van der Waals surface area contributed by atoms with Gasteiger partial charge in [-0.05, 0) is 6.42 Å². The first-order valence-electron chi connectivity index (χ1n) is 2.90. The summed E-state index contributed by atoms with van der Waals surface area (Å²) in [6, 6.07) is 0. The molecule has 8 heavy (non-hydrogen) atoms. The van der Waals surface area contributed by atoms with E-state index in [1.54, 1.807) is 6.20 Å². The third-order valence-corrected chi connectivity index (χ3v) is 0.885. The predicted octanol–water partition coefficient (Wildman–Crippen LogP) is 0.976. The zero-order valence-electron chi connectivity index (χ0n) is 5.65. The van der Waals surface area contributed by atoms with E-state index < -0.39 is 0 Å². The molecule has 0 aliphatic heterocycles. The molecule has 0 amide bonds. The Morgan fingerprint density at radius 1 is 1.75 bits per heavy atom. The Labute approximate surface area is 51.2 Å². The second kappa shape index (κ2) is 4.65. The molecule has 0 aromatic heterocycles. The van der Waals surface area contributed by atoms with Crippen molar-refractivity contribution in [1.29, 1.82) is 0 Å². The molecular weight excluding hydrogens is 100 g/mol. The average Bonchev–Trinajstić information content (AvgIpc) is 1.83. The summed E-state index contributed by atoms with van der Waals surface area (Å²) in [5, 5.41) is 1.85. The molecule has 0 heterocycles. The van der Waals surface area contributed by atoms with Crippen LogP contribution in [-0.2, 0) is 0 Å². The summed E-state index contributed by atoms with van der Waals surface area (Å²) in [5.74, 6) is 0. The summed E-state index contributed by atoms with van der Waals surface area (Å²) in [5.41, 5.74) is 3.10. The SMILES string of the molecule is C=CN(C)NCCC. The molecule has 0 aliphatic rings. The van der Waals surface area contributed by atoms with E-state index in [0.29, 0.717) is 0 Å². The van der Waals surface area contributed by atoms with Crippen molar-refractivity contribution in [2.75, 3.05) is 13.6 Å². The van der Waals surface area contributed by atoms with Crippen LogP contribution in [0.15, 0.2) is 12.8 Å². The Bertz CT molecular complexity index is 61.5. The van der Waals surface area contributed by atoms with Crippen molar-refractivity contribution >= 4 is 0 Å². The topological polar surface area (TPSA) is 15.3 Å². The standard InChI is InChI=1S/C6H14N2/c1-4-6-7-8(3)5-2/h5,7H,2,4,6H2,1,3H3. The molecule has 0 unspecified atom stereocenters. The minimum atomic E-state index is 1.02. The van der Waals surface area contributed by atoms with Gasteiger partial charge in [0, 0.05) is 19.8 Å². The number of hydrogen-bond donors (Lipinski definition) is 1. The third kappa shape index (κ3) is 3.68. The van der Waals surface area contributed by atoms with Crippen molar-refractivity contribution in [3.63, 3.8) is 0 Å². The van der Waals surface area contributed by atoms with Gasteiger partial charge in [0.1, 0.15) is 0 Å². The Balaban J connectivity index is 2.98. The average molecular weight is 114 g/mol. The first kappa shape index (κ1) is 7.50. The quantitative estimate of drug-likeness (QED) is 0.548. The van der Waals surface area contributed by atoms with Crippen molar-refractivity contribution in [2.45, 2.75) is 13.3 Å². The predicted molar refractivity (Wildman–Crippen MR) is 36.3 cm³/mol. The third-order valence-electron chi connectivity index (χ3n) is 0.885. The highest BCUT2D eigenvalue weighted by molar-refractivity contribution is 4.60. The lowest BCUT2D eigenvalue weighted by atomic mass is 10.5. The van der Waals surface area contributed by atoms with Crippen molar-refractivity contribution in [1.82, 2.24) is 10.4 Å². The van der Waals surface area contributed by atoms with Gasteiger partial charge in [-0.15, -0.1) is 0 Å². The van der Waals surface area contributed by atoms with E-state index in [9.17, 15) is 0 Å². The van der Waals surface area contributed by atoms with E-state index in [2.05, 4.69) is 18.9 Å². The smallest absolute Gasteiger partial charge is 0.0225 e. The molecule has 0 atom stereocenters. The lowest BCUT2D eigenvalue weighted by Crippen LogP contribution is -2.29. The van der Waals surface area contributed by atoms with E-state index in [4.69, 9.17) is 0 Å². The number of nitrogens with zero attached hydrogens (tertiary/aromatic N) is 1. The highest BCUT2D eigenvalue weighted by atomic mass is 15.5. The van der Waals surface area contributed by atoms with Crippen LogP contribution in [0.4, 0.5) is 0 Å². The first-order chi connectivity index (χ1) is 3.81. The summed E-state index contributed by atoms with van der Waals surface area (Å²) in [7, 11) is 1.93. The van der Waals surface area contributed by atoms with Crippen LogP contribution < -0.4 is 5.43 Å². The second-order valence-electron chi connectivity index (χ2n) is 1.70. The van der Waals surface area contributed by atoms with Crippen molar-refractivity contribution in [3.8, 4) is 0 Å². The van der Waals surface area contributed by atoms with Crippen LogP contribution >= 0.6 is 0 Å². The maximum absolute atomic E-state index is 3.58. The minimum absolute atomic E-state index is 1.02. The van der Waals surface area contributed by atoms with Gasteiger partial charge in [0.05, 0.1) is 0 Å². The van der Waals surface area contributed by atoms with Crippen molar-refractivity contribution in [2.24, 2.45) is 0 Å². The Kier molecular flexibility index (Phi) is 4.36. The zero-order valence-corrected chi connectivity index (χ0v) is 5.65. The molecule has 0 rings (SSSR count). The van der Waals surface area contributed by atoms with E-state index in [1.807, 2.05) is 12.1 Å². The molecule has 0 saturated carbocycles. The monoisotopic (exact) mass is 114 g/mol. The van der Waals surface area contributed by atoms with Crippen LogP contribution in [0.2, 0.25) is 0 Å². The summed E-state index contributed by atoms with van der Waals surface area (Å²) < 4.78 is 0. The minimum Gasteiger partial charge on any atom is -0.319 e. The lowest BCUT2D eigenvalue weighted by molar-refractivity contribution is 0.329. The summed E-state index contributed by atoms with van der Waals surface area (Å²) >= 11 is 0. The van der Waals surface area contributed by atoms with Crippen LogP contribution in [0, 0.1) is 0 Å². The van der Waals surface area contributed by atoms with E-state index in [0.717, 1.165) is 13.0 Å². The molecular formula is C6H14N2. The van der Waals surface area contributed by atoms with Crippen LogP contribution in [0.1, 0.15) is 13.3 Å². The molecule has 0 spiro atoms. The molecule has 0 saturated heterocycles. The Hall–Kier alpha value is -0.500. The van der Waals surface area contributed by atoms with Gasteiger partial charge in [0.15, 0.2) is 0 Å². The molecule has 2 nitrogen and oxygen atoms in total. The van der Waals surface area contributed by atoms with Crippen molar-refractivity contribution in [3.05, 3.63) is 12.8 Å². The normalized spacial score (nSPS) is 8.75. The molecule has 0 aliphatic carbocycles. The van der Waals surface area contributed by atoms with Crippen LogP contribution in [0.3, 0.4) is 0 Å². The van der Waals surface area contributed by atoms with Crippen LogP contribution in [0.5, 0.6) is 0 Å². The first-order valence-corrected chi connectivity index (χ1v) is 2.90. The van der Waals surface area contributed by atoms with Gasteiger partial charge in [0.2, 0.25) is 0 Å². The Morgan fingerprint density at radius 3 is 2.75 bits per heavy atom. The number of hydrogen-bond acceptors (Lipinski definition) is 2. The fourth-order valence-corrected chi connectivity index (χ4v) is 0.353. The summed E-state index contributed by atoms with van der Waals surface area (Å²) in [6.07, 6.45) is 2.90. The molecule has 0 aromatic rings. The van der Waals surface area contributed by atoms with Gasteiger partial charge in [-0.1, -0.05) is 13.5 Å². The van der Waals surface area contributed by atoms with Gasteiger partial charge in [-0.2, -0.15) is 0 Å². The second-order valence-corrected chi connectivity index (χ2v) is 1.70. The zero-order chi connectivity index (χ0) is 6.41. The largest absolute Gasteiger partial charge is 0.319 e.